The van der Waals surface area contributed by atoms with Gasteiger partial charge in [0.1, 0.15) is 24.2 Å². The van der Waals surface area contributed by atoms with Gasteiger partial charge in [-0.05, 0) is 74.3 Å². The van der Waals surface area contributed by atoms with Gasteiger partial charge in [0.15, 0.2) is 11.6 Å². The number of hydrogen-bond donors (Lipinski definition) is 6. The lowest BCUT2D eigenvalue weighted by molar-refractivity contribution is -0.145. The predicted molar refractivity (Wildman–Crippen MR) is 223 cm³/mol. The molecule has 17 heteroatoms. The van der Waals surface area contributed by atoms with E-state index >= 15 is 0 Å². The van der Waals surface area contributed by atoms with Crippen molar-refractivity contribution in [1.82, 2.24) is 31.2 Å². The Balaban J connectivity index is 1.55. The highest BCUT2D eigenvalue weighted by molar-refractivity contribution is 6.06. The first kappa shape index (κ1) is 48.2. The van der Waals surface area contributed by atoms with E-state index < -0.39 is 83.3 Å². The number of aromatic nitrogens is 1. The number of primary amides is 1. The van der Waals surface area contributed by atoms with E-state index in [0.29, 0.717) is 12.8 Å². The number of nitrogens with zero attached hydrogens (tertiary/aromatic N) is 2. The molecule has 3 aliphatic rings. The maximum atomic E-state index is 14.5. The summed E-state index contributed by atoms with van der Waals surface area (Å²) >= 11 is 0. The van der Waals surface area contributed by atoms with Gasteiger partial charge in [0.2, 0.25) is 35.4 Å². The number of carboxylic acid groups (broad SMARTS) is 1. The molecule has 1 saturated heterocycles. The van der Waals surface area contributed by atoms with Gasteiger partial charge >= 0.3 is 5.97 Å². The van der Waals surface area contributed by atoms with Gasteiger partial charge in [-0.25, -0.2) is 4.79 Å². The molecular formula is C44H63N7O10. The molecular weight excluding hydrogens is 787 g/mol. The molecule has 0 bridgehead atoms. The summed E-state index contributed by atoms with van der Waals surface area (Å²) in [6, 6.07) is -3.17. The zero-order valence-corrected chi connectivity index (χ0v) is 35.8. The third-order valence-corrected chi connectivity index (χ3v) is 12.2. The number of pyridine rings is 1. The number of aromatic carboxylic acids is 1. The van der Waals surface area contributed by atoms with Crippen LogP contribution in [0.4, 0.5) is 0 Å². The Morgan fingerprint density at radius 3 is 2.07 bits per heavy atom. The van der Waals surface area contributed by atoms with Crippen LogP contribution in [0.25, 0.3) is 0 Å². The fourth-order valence-corrected chi connectivity index (χ4v) is 8.70. The number of carbonyl (C=O) groups is 9. The number of hydrogen-bond acceptors (Lipinski definition) is 10. The Morgan fingerprint density at radius 2 is 1.49 bits per heavy atom. The molecule has 17 nitrogen and oxygen atoms in total. The Hall–Kier alpha value is -5.48. The average Bonchev–Trinajstić information content (AvgIpc) is 3.64. The van der Waals surface area contributed by atoms with E-state index in [9.17, 15) is 48.3 Å². The highest BCUT2D eigenvalue weighted by atomic mass is 16.4. The number of allylic oxidation sites excluding steroid dienone is 1. The minimum Gasteiger partial charge on any atom is -0.478 e. The molecule has 5 atom stereocenters. The van der Waals surface area contributed by atoms with Crippen molar-refractivity contribution in [3.63, 3.8) is 0 Å². The van der Waals surface area contributed by atoms with Crippen LogP contribution in [-0.2, 0) is 33.6 Å². The third kappa shape index (κ3) is 13.5. The van der Waals surface area contributed by atoms with Gasteiger partial charge in [0, 0.05) is 43.8 Å². The summed E-state index contributed by atoms with van der Waals surface area (Å²) in [4.78, 5) is 124. The van der Waals surface area contributed by atoms with Crippen molar-refractivity contribution in [1.29, 1.82) is 0 Å². The second-order valence-corrected chi connectivity index (χ2v) is 17.7. The second-order valence-electron chi connectivity index (χ2n) is 17.7. The van der Waals surface area contributed by atoms with E-state index in [1.165, 1.54) is 25.4 Å². The predicted octanol–water partition coefficient (Wildman–Crippen LogP) is 2.76. The van der Waals surface area contributed by atoms with Crippen LogP contribution in [0.1, 0.15) is 138 Å². The first-order valence-electron chi connectivity index (χ1n) is 21.5. The molecule has 4 rings (SSSR count). The zero-order valence-electron chi connectivity index (χ0n) is 35.8. The Morgan fingerprint density at radius 1 is 0.869 bits per heavy atom. The van der Waals surface area contributed by atoms with Crippen molar-refractivity contribution in [3.05, 3.63) is 41.7 Å². The van der Waals surface area contributed by atoms with Crippen LogP contribution < -0.4 is 27.0 Å². The SMILES string of the molecule is CNC(=O)/C=C/CC[C@H](CCC(=O)c1ccncc1C(=O)O)C(=O)N[C@H](C(=O)N1CC(=O)C[C@H]1C(=O)N[C@H](C(=O)N[C@H](C(N)=O)C1CCCCC1)C1CCCCC1)C(C)(C)C. The van der Waals surface area contributed by atoms with Gasteiger partial charge in [-0.15, -0.1) is 0 Å². The van der Waals surface area contributed by atoms with E-state index in [2.05, 4.69) is 26.3 Å². The number of ketones is 2. The van der Waals surface area contributed by atoms with Crippen LogP contribution in [0.5, 0.6) is 0 Å². The molecule has 1 aromatic heterocycles. The highest BCUT2D eigenvalue weighted by Crippen LogP contribution is 2.31. The standard InChI is InChI=1S/C44H63N7O10/c1-44(2,3)37(50-39(56)28(17-11-12-18-34(54)46-4)19-20-33(53)30-21-22-47-24-31(30)43(60)61)42(59)51-25-29(52)23-32(51)40(57)49-36(27-15-9-6-10-16-27)41(58)48-35(38(45)55)26-13-7-5-8-14-26/h12,18,21-22,24,26-28,32,35-37H,5-11,13-17,19-20,23,25H2,1-4H3,(H2,45,55)(H,46,54)(H,48,58)(H,49,57)(H,50,56)(H,60,61)/b18-12+/t28-,32+,35+,36+,37-/m1/s1. The molecule has 61 heavy (non-hydrogen) atoms. The number of amides is 6. The van der Waals surface area contributed by atoms with E-state index in [0.717, 1.165) is 62.5 Å². The second kappa shape index (κ2) is 22.4. The fourth-order valence-electron chi connectivity index (χ4n) is 8.70. The fraction of sp³-hybridized carbons (Fsp3) is 0.636. The minimum atomic E-state index is -1.33. The van der Waals surface area contributed by atoms with Crippen LogP contribution in [0, 0.1) is 23.2 Å². The number of carboxylic acids is 1. The van der Waals surface area contributed by atoms with Gasteiger partial charge in [-0.2, -0.15) is 0 Å². The molecule has 334 valence electrons. The van der Waals surface area contributed by atoms with Gasteiger partial charge in [0.25, 0.3) is 0 Å². The Bertz CT molecular complexity index is 1830. The molecule has 1 aliphatic heterocycles. The number of nitrogens with two attached hydrogens (primary N) is 1. The first-order chi connectivity index (χ1) is 28.9. The summed E-state index contributed by atoms with van der Waals surface area (Å²) in [5, 5.41) is 20.6. The molecule has 2 saturated carbocycles. The number of nitrogens with one attached hydrogen (secondary N) is 4. The lowest BCUT2D eigenvalue weighted by atomic mass is 9.81. The van der Waals surface area contributed by atoms with Crippen molar-refractivity contribution in [2.75, 3.05) is 13.6 Å². The summed E-state index contributed by atoms with van der Waals surface area (Å²) in [5.41, 5.74) is 4.50. The van der Waals surface area contributed by atoms with Crippen molar-refractivity contribution < 1.29 is 48.3 Å². The quantitative estimate of drug-likeness (QED) is 0.0871. The summed E-state index contributed by atoms with van der Waals surface area (Å²) in [6.07, 6.45) is 13.5. The van der Waals surface area contributed by atoms with Gasteiger partial charge in [0.05, 0.1) is 12.1 Å². The topological polar surface area (TPSA) is 264 Å². The molecule has 6 amide bonds. The Kier molecular flexibility index (Phi) is 17.7. The number of carbonyl (C=O) groups excluding carboxylic acids is 8. The maximum Gasteiger partial charge on any atom is 0.338 e. The summed E-state index contributed by atoms with van der Waals surface area (Å²) < 4.78 is 0. The number of likely N-dealkylation sites (N-methyl/N-ethyl adjacent to an activating group) is 1. The van der Waals surface area contributed by atoms with Crippen molar-refractivity contribution in [2.24, 2.45) is 28.9 Å². The van der Waals surface area contributed by atoms with E-state index in [4.69, 9.17) is 5.73 Å². The molecule has 7 N–H and O–H groups in total. The molecule has 3 fully saturated rings. The molecule has 0 unspecified atom stereocenters. The van der Waals surface area contributed by atoms with Crippen LogP contribution in [-0.4, -0.2) is 106 Å². The normalized spacial score (nSPS) is 19.6. The average molecular weight is 850 g/mol. The van der Waals surface area contributed by atoms with Crippen molar-refractivity contribution >= 4 is 53.0 Å². The van der Waals surface area contributed by atoms with Gasteiger partial charge < -0.3 is 37.0 Å². The summed E-state index contributed by atoms with van der Waals surface area (Å²) in [7, 11) is 1.47. The largest absolute Gasteiger partial charge is 0.478 e. The van der Waals surface area contributed by atoms with Crippen molar-refractivity contribution in [2.45, 2.75) is 141 Å². The van der Waals surface area contributed by atoms with E-state index in [1.54, 1.807) is 26.8 Å². The van der Waals surface area contributed by atoms with E-state index in [-0.39, 0.29) is 66.8 Å². The highest BCUT2D eigenvalue weighted by Gasteiger charge is 2.46. The lowest BCUT2D eigenvalue weighted by Gasteiger charge is -2.37. The third-order valence-electron chi connectivity index (χ3n) is 12.2. The minimum absolute atomic E-state index is 0.0277. The molecule has 0 aromatic carbocycles. The Labute approximate surface area is 357 Å². The maximum absolute atomic E-state index is 14.5. The zero-order chi connectivity index (χ0) is 44.9. The molecule has 2 aliphatic carbocycles. The number of likely N-dealkylation sites (tertiary alicyclic amines) is 1. The van der Waals surface area contributed by atoms with Crippen LogP contribution >= 0.6 is 0 Å². The first-order valence-corrected chi connectivity index (χ1v) is 21.5. The smallest absolute Gasteiger partial charge is 0.338 e. The monoisotopic (exact) mass is 849 g/mol. The molecule has 2 heterocycles. The lowest BCUT2D eigenvalue weighted by Crippen LogP contribution is -2.61. The van der Waals surface area contributed by atoms with Crippen LogP contribution in [0.2, 0.25) is 0 Å². The summed E-state index contributed by atoms with van der Waals surface area (Å²) in [5.74, 6) is -6.98. The van der Waals surface area contributed by atoms with Crippen LogP contribution in [0.15, 0.2) is 30.6 Å². The molecule has 1 aromatic rings. The molecule has 0 radical (unpaired) electrons. The van der Waals surface area contributed by atoms with Gasteiger partial charge in [-0.3, -0.25) is 43.3 Å². The number of Topliss-reactive ketones (excluding diaryl/α,β-unsaturated/α-hetero) is 2. The van der Waals surface area contributed by atoms with Crippen molar-refractivity contribution in [3.8, 4) is 0 Å². The van der Waals surface area contributed by atoms with E-state index in [1.807, 2.05) is 0 Å². The van der Waals surface area contributed by atoms with Gasteiger partial charge in [-0.1, -0.05) is 65.4 Å². The summed E-state index contributed by atoms with van der Waals surface area (Å²) in [6.45, 7) is 4.75. The van der Waals surface area contributed by atoms with Crippen LogP contribution in [0.3, 0.4) is 0 Å². The molecule has 0 spiro atoms. The number of rotatable bonds is 19.